The van der Waals surface area contributed by atoms with Gasteiger partial charge in [0, 0.05) is 31.3 Å². The van der Waals surface area contributed by atoms with Crippen molar-refractivity contribution in [1.29, 1.82) is 0 Å². The van der Waals surface area contributed by atoms with E-state index in [2.05, 4.69) is 10.3 Å². The Balaban J connectivity index is 2.14. The van der Waals surface area contributed by atoms with Gasteiger partial charge in [0.15, 0.2) is 0 Å². The molecule has 1 unspecified atom stereocenters. The molecule has 7 heteroatoms. The highest BCUT2D eigenvalue weighted by Crippen LogP contribution is 2.27. The summed E-state index contributed by atoms with van der Waals surface area (Å²) >= 11 is 0. The number of ether oxygens (including phenoxy) is 1. The van der Waals surface area contributed by atoms with Gasteiger partial charge in [-0.15, -0.1) is 0 Å². The lowest BCUT2D eigenvalue weighted by molar-refractivity contribution is -0.384. The van der Waals surface area contributed by atoms with Crippen LogP contribution in [0, 0.1) is 17.0 Å². The third kappa shape index (κ3) is 2.57. The molecule has 0 radical (unpaired) electrons. The Morgan fingerprint density at radius 2 is 2.50 bits per heavy atom. The van der Waals surface area contributed by atoms with E-state index in [0.29, 0.717) is 18.6 Å². The molecule has 0 bridgehead atoms. The maximum absolute atomic E-state index is 11.0. The zero-order chi connectivity index (χ0) is 13.2. The normalized spacial score (nSPS) is 23.0. The van der Waals surface area contributed by atoms with Crippen molar-refractivity contribution in [3.63, 3.8) is 0 Å². The molecule has 1 aromatic rings. The molecule has 98 valence electrons. The van der Waals surface area contributed by atoms with Crippen molar-refractivity contribution in [3.05, 3.63) is 27.9 Å². The molecule has 0 spiro atoms. The van der Waals surface area contributed by atoms with Gasteiger partial charge in [-0.3, -0.25) is 10.1 Å². The fourth-order valence-corrected chi connectivity index (χ4v) is 1.89. The highest BCUT2D eigenvalue weighted by molar-refractivity contribution is 5.59. The first-order valence-electron chi connectivity index (χ1n) is 5.66. The van der Waals surface area contributed by atoms with Crippen molar-refractivity contribution in [1.82, 2.24) is 4.98 Å². The van der Waals surface area contributed by atoms with Crippen LogP contribution in [-0.4, -0.2) is 40.4 Å². The van der Waals surface area contributed by atoms with Crippen LogP contribution in [0.3, 0.4) is 0 Å². The van der Waals surface area contributed by atoms with Gasteiger partial charge in [-0.2, -0.15) is 0 Å². The second-order valence-electron chi connectivity index (χ2n) is 4.46. The topological polar surface area (TPSA) is 97.5 Å². The van der Waals surface area contributed by atoms with Gasteiger partial charge in [0.2, 0.25) is 5.82 Å². The largest absolute Gasteiger partial charge is 0.386 e. The van der Waals surface area contributed by atoms with E-state index in [-0.39, 0.29) is 24.7 Å². The molecule has 0 saturated carbocycles. The van der Waals surface area contributed by atoms with E-state index in [4.69, 9.17) is 4.74 Å². The Morgan fingerprint density at radius 3 is 3.11 bits per heavy atom. The molecule has 2 N–H and O–H groups in total. The molecule has 1 aliphatic rings. The second-order valence-corrected chi connectivity index (χ2v) is 4.46. The minimum absolute atomic E-state index is 0.0555. The zero-order valence-electron chi connectivity index (χ0n) is 10.0. The molecule has 1 aromatic heterocycles. The number of pyridine rings is 1. The fourth-order valence-electron chi connectivity index (χ4n) is 1.89. The molecule has 1 saturated heterocycles. The van der Waals surface area contributed by atoms with Crippen molar-refractivity contribution in [2.45, 2.75) is 18.9 Å². The van der Waals surface area contributed by atoms with Crippen LogP contribution in [0.1, 0.15) is 12.0 Å². The minimum atomic E-state index is -0.973. The van der Waals surface area contributed by atoms with Crippen LogP contribution in [0.4, 0.5) is 11.5 Å². The van der Waals surface area contributed by atoms with Crippen molar-refractivity contribution >= 4 is 11.5 Å². The summed E-state index contributed by atoms with van der Waals surface area (Å²) in [6.07, 6.45) is 2.01. The van der Waals surface area contributed by atoms with Crippen LogP contribution in [0.15, 0.2) is 12.3 Å². The Bertz CT molecular complexity index is 458. The lowest BCUT2D eigenvalue weighted by atomic mass is 10.0. The molecule has 0 aliphatic carbocycles. The van der Waals surface area contributed by atoms with Gasteiger partial charge in [0.1, 0.15) is 5.60 Å². The molecule has 2 rings (SSSR count). The first kappa shape index (κ1) is 12.7. The van der Waals surface area contributed by atoms with E-state index >= 15 is 0 Å². The number of hydrogen-bond donors (Lipinski definition) is 2. The van der Waals surface area contributed by atoms with E-state index in [9.17, 15) is 15.2 Å². The van der Waals surface area contributed by atoms with Crippen LogP contribution < -0.4 is 5.32 Å². The van der Waals surface area contributed by atoms with E-state index < -0.39 is 10.5 Å². The average molecular weight is 253 g/mol. The van der Waals surface area contributed by atoms with E-state index in [0.717, 1.165) is 0 Å². The molecular weight excluding hydrogens is 238 g/mol. The fraction of sp³-hybridized carbons (Fsp3) is 0.545. The quantitative estimate of drug-likeness (QED) is 0.610. The maximum Gasteiger partial charge on any atom is 0.314 e. The predicted octanol–water partition coefficient (Wildman–Crippen LogP) is 0.862. The van der Waals surface area contributed by atoms with Gasteiger partial charge in [0.05, 0.1) is 11.5 Å². The SMILES string of the molecule is Cc1ccnc(NCC2(O)CCOC2)c1[N+](=O)[O-]. The highest BCUT2D eigenvalue weighted by atomic mass is 16.6. The number of nitro groups is 1. The first-order chi connectivity index (χ1) is 8.52. The Hall–Kier alpha value is -1.73. The molecule has 1 atom stereocenters. The molecule has 18 heavy (non-hydrogen) atoms. The number of nitrogens with zero attached hydrogens (tertiary/aromatic N) is 2. The zero-order valence-corrected chi connectivity index (χ0v) is 10.0. The summed E-state index contributed by atoms with van der Waals surface area (Å²) in [6, 6.07) is 1.58. The molecule has 7 nitrogen and oxygen atoms in total. The van der Waals surface area contributed by atoms with Gasteiger partial charge >= 0.3 is 5.69 Å². The Labute approximate surface area is 104 Å². The van der Waals surface area contributed by atoms with Crippen LogP contribution in [0.2, 0.25) is 0 Å². The van der Waals surface area contributed by atoms with Gasteiger partial charge in [-0.1, -0.05) is 0 Å². The van der Waals surface area contributed by atoms with E-state index in [1.165, 1.54) is 6.20 Å². The molecule has 1 aliphatic heterocycles. The van der Waals surface area contributed by atoms with E-state index in [1.807, 2.05) is 0 Å². The van der Waals surface area contributed by atoms with Crippen LogP contribution in [-0.2, 0) is 4.74 Å². The summed E-state index contributed by atoms with van der Waals surface area (Å²) in [5, 5.41) is 23.9. The lowest BCUT2D eigenvalue weighted by Crippen LogP contribution is -2.37. The van der Waals surface area contributed by atoms with Gasteiger partial charge in [0.25, 0.3) is 0 Å². The third-order valence-electron chi connectivity index (χ3n) is 2.98. The second kappa shape index (κ2) is 4.87. The third-order valence-corrected chi connectivity index (χ3v) is 2.98. The van der Waals surface area contributed by atoms with Crippen molar-refractivity contribution in [3.8, 4) is 0 Å². The molecule has 2 heterocycles. The summed E-state index contributed by atoms with van der Waals surface area (Å²) in [5.41, 5.74) is -0.494. The van der Waals surface area contributed by atoms with Crippen molar-refractivity contribution in [2.24, 2.45) is 0 Å². The van der Waals surface area contributed by atoms with E-state index in [1.54, 1.807) is 13.0 Å². The number of aliphatic hydroxyl groups is 1. The van der Waals surface area contributed by atoms with Crippen LogP contribution in [0.25, 0.3) is 0 Å². The smallest absolute Gasteiger partial charge is 0.314 e. The number of aryl methyl sites for hydroxylation is 1. The molecular formula is C11H15N3O4. The van der Waals surface area contributed by atoms with Gasteiger partial charge in [-0.05, 0) is 13.0 Å². The van der Waals surface area contributed by atoms with Crippen molar-refractivity contribution < 1.29 is 14.8 Å². The summed E-state index contributed by atoms with van der Waals surface area (Å²) in [4.78, 5) is 14.4. The first-order valence-corrected chi connectivity index (χ1v) is 5.66. The lowest BCUT2D eigenvalue weighted by Gasteiger charge is -2.20. The Morgan fingerprint density at radius 1 is 1.72 bits per heavy atom. The highest BCUT2D eigenvalue weighted by Gasteiger charge is 2.33. The summed E-state index contributed by atoms with van der Waals surface area (Å²) in [7, 11) is 0. The standard InChI is InChI=1S/C11H15N3O4/c1-8-2-4-12-10(9(8)14(16)17)13-6-11(15)3-5-18-7-11/h2,4,15H,3,5-7H2,1H3,(H,12,13). The van der Waals surface area contributed by atoms with Crippen LogP contribution >= 0.6 is 0 Å². The number of hydrogen-bond acceptors (Lipinski definition) is 6. The van der Waals surface area contributed by atoms with Crippen molar-refractivity contribution in [2.75, 3.05) is 25.1 Å². The number of nitrogens with one attached hydrogen (secondary N) is 1. The number of anilines is 1. The van der Waals surface area contributed by atoms with Crippen LogP contribution in [0.5, 0.6) is 0 Å². The van der Waals surface area contributed by atoms with Gasteiger partial charge in [-0.25, -0.2) is 4.98 Å². The molecule has 0 amide bonds. The number of aromatic nitrogens is 1. The summed E-state index contributed by atoms with van der Waals surface area (Å²) in [6.45, 7) is 2.57. The summed E-state index contributed by atoms with van der Waals surface area (Å²) < 4.78 is 5.11. The monoisotopic (exact) mass is 253 g/mol. The number of rotatable bonds is 4. The van der Waals surface area contributed by atoms with Gasteiger partial charge < -0.3 is 15.2 Å². The average Bonchev–Trinajstić information content (AvgIpc) is 2.73. The minimum Gasteiger partial charge on any atom is -0.386 e. The summed E-state index contributed by atoms with van der Waals surface area (Å²) in [5.74, 6) is 0.181. The maximum atomic E-state index is 11.0. The predicted molar refractivity (Wildman–Crippen MR) is 64.5 cm³/mol. The molecule has 0 aromatic carbocycles. The Kier molecular flexibility index (Phi) is 3.44. The molecule has 1 fully saturated rings.